The van der Waals surface area contributed by atoms with Gasteiger partial charge in [0.2, 0.25) is 5.91 Å². The molecule has 0 spiro atoms. The highest BCUT2D eigenvalue weighted by Crippen LogP contribution is 2.40. The van der Waals surface area contributed by atoms with Crippen LogP contribution in [0.25, 0.3) is 22.2 Å². The van der Waals surface area contributed by atoms with Gasteiger partial charge in [-0.3, -0.25) is 9.79 Å². The molecule has 1 saturated carbocycles. The number of hydrogen-bond donors (Lipinski definition) is 4. The zero-order valence-electron chi connectivity index (χ0n) is 26.3. The quantitative estimate of drug-likeness (QED) is 0.134. The van der Waals surface area contributed by atoms with Gasteiger partial charge in [-0.2, -0.15) is 22.0 Å². The Morgan fingerprint density at radius 1 is 1.12 bits per heavy atom. The number of nitrogens with two attached hydrogens (primary N) is 1. The first-order valence-corrected chi connectivity index (χ1v) is 14.9. The van der Waals surface area contributed by atoms with Crippen molar-refractivity contribution in [1.29, 1.82) is 0 Å². The van der Waals surface area contributed by atoms with E-state index in [2.05, 4.69) is 37.1 Å². The average molecular weight is 705 g/mol. The van der Waals surface area contributed by atoms with Crippen LogP contribution in [0.5, 0.6) is 0 Å². The van der Waals surface area contributed by atoms with Crippen molar-refractivity contribution in [2.24, 2.45) is 10.7 Å². The second-order valence-corrected chi connectivity index (χ2v) is 12.0. The van der Waals surface area contributed by atoms with E-state index in [-0.39, 0.29) is 39.1 Å². The number of aliphatic hydroxyl groups is 1. The lowest BCUT2D eigenvalue weighted by Crippen LogP contribution is -2.34. The topological polar surface area (TPSA) is 129 Å². The number of carbonyl (C=O) groups is 1. The van der Waals surface area contributed by atoms with Gasteiger partial charge in [0.1, 0.15) is 52.3 Å². The third kappa shape index (κ3) is 8.11. The minimum absolute atomic E-state index is 0.00924. The van der Waals surface area contributed by atoms with Crippen molar-refractivity contribution in [2.45, 2.75) is 56.9 Å². The molecule has 5 N–H and O–H groups in total. The predicted molar refractivity (Wildman–Crippen MR) is 167 cm³/mol. The van der Waals surface area contributed by atoms with Gasteiger partial charge in [0.25, 0.3) is 5.92 Å². The molecule has 0 saturated heterocycles. The molecular formula is C34H28F8N6O2. The van der Waals surface area contributed by atoms with Crippen LogP contribution in [0.3, 0.4) is 0 Å². The lowest BCUT2D eigenvalue weighted by atomic mass is 9.95. The molecule has 1 aliphatic rings. The molecule has 1 fully saturated rings. The number of pyridine rings is 2. The van der Waals surface area contributed by atoms with E-state index in [0.717, 1.165) is 12.1 Å². The summed E-state index contributed by atoms with van der Waals surface area (Å²) in [4.78, 5) is 28.3. The second-order valence-electron chi connectivity index (χ2n) is 12.0. The zero-order valence-corrected chi connectivity index (χ0v) is 26.3. The maximum atomic E-state index is 15.9. The van der Waals surface area contributed by atoms with E-state index in [0.29, 0.717) is 6.07 Å². The van der Waals surface area contributed by atoms with Crippen molar-refractivity contribution in [3.63, 3.8) is 0 Å². The van der Waals surface area contributed by atoms with Crippen molar-refractivity contribution in [3.05, 3.63) is 94.5 Å². The number of nitrogens with zero attached hydrogens (tertiary/aromatic N) is 3. The van der Waals surface area contributed by atoms with Gasteiger partial charge in [0.15, 0.2) is 0 Å². The monoisotopic (exact) mass is 704 g/mol. The van der Waals surface area contributed by atoms with Gasteiger partial charge in [-0.05, 0) is 68.5 Å². The van der Waals surface area contributed by atoms with Gasteiger partial charge in [-0.25, -0.2) is 23.1 Å². The third-order valence-corrected chi connectivity index (χ3v) is 7.59. The van der Waals surface area contributed by atoms with E-state index in [9.17, 15) is 40.6 Å². The van der Waals surface area contributed by atoms with E-state index in [4.69, 9.17) is 5.73 Å². The summed E-state index contributed by atoms with van der Waals surface area (Å²) in [7, 11) is 0. The van der Waals surface area contributed by atoms with Crippen molar-refractivity contribution in [3.8, 4) is 23.0 Å². The smallest absolute Gasteiger partial charge is 0.394 e. The van der Waals surface area contributed by atoms with Crippen molar-refractivity contribution < 1.29 is 45.0 Å². The molecule has 1 unspecified atom stereocenters. The number of benzene rings is 1. The summed E-state index contributed by atoms with van der Waals surface area (Å²) in [6.45, 7) is 1.71. The van der Waals surface area contributed by atoms with Gasteiger partial charge < -0.3 is 21.1 Å². The number of aromatic amines is 1. The first-order chi connectivity index (χ1) is 23.3. The standard InChI is InChI=1S/C34H28F8N6O2/c1-32(2,50)8-5-20-3-4-21(24-15-46-31-22(27(24)37)7-10-44-31)28(47-20)25(13-17-11-18(35)14-19(36)12-17)48-26(49)16-45-30-23(6-9-33(30,38)39)29(43)34(40,41)42/h3-4,7,10-12,14-15,25,50H,6,9,13,16,43H2,1-2H3,(H,44,46)(H,48,49). The van der Waals surface area contributed by atoms with Crippen LogP contribution in [0.4, 0.5) is 35.1 Å². The number of rotatable bonds is 7. The molecule has 16 heteroatoms. The molecule has 0 aliphatic heterocycles. The van der Waals surface area contributed by atoms with Crippen LogP contribution in [0.2, 0.25) is 0 Å². The molecule has 1 aliphatic carbocycles. The summed E-state index contributed by atoms with van der Waals surface area (Å²) in [5.41, 5.74) is -0.258. The molecule has 1 amide bonds. The van der Waals surface area contributed by atoms with Crippen LogP contribution >= 0.6 is 0 Å². The Kier molecular flexibility index (Phi) is 9.75. The fraction of sp³-hybridized carbons (Fsp3) is 0.294. The molecule has 8 nitrogen and oxygen atoms in total. The molecule has 5 rings (SSSR count). The number of H-pyrrole nitrogens is 1. The summed E-state index contributed by atoms with van der Waals surface area (Å²) < 4.78 is 114. The maximum absolute atomic E-state index is 15.9. The van der Waals surface area contributed by atoms with Crippen molar-refractivity contribution >= 4 is 22.7 Å². The van der Waals surface area contributed by atoms with E-state index in [1.54, 1.807) is 0 Å². The lowest BCUT2D eigenvalue weighted by Gasteiger charge is -2.22. The number of nitrogens with one attached hydrogen (secondary N) is 2. The largest absolute Gasteiger partial charge is 0.431 e. The van der Waals surface area contributed by atoms with Gasteiger partial charge >= 0.3 is 6.18 Å². The summed E-state index contributed by atoms with van der Waals surface area (Å²) in [5.74, 6) is -2.36. The van der Waals surface area contributed by atoms with E-state index < -0.39 is 89.9 Å². The number of carbonyl (C=O) groups excluding carboxylic acids is 1. The Morgan fingerprint density at radius 3 is 2.48 bits per heavy atom. The minimum atomic E-state index is -5.13. The summed E-state index contributed by atoms with van der Waals surface area (Å²) >= 11 is 0. The highest BCUT2D eigenvalue weighted by atomic mass is 19.4. The van der Waals surface area contributed by atoms with Gasteiger partial charge in [-0.1, -0.05) is 5.92 Å². The van der Waals surface area contributed by atoms with Crippen LogP contribution < -0.4 is 11.1 Å². The zero-order chi connectivity index (χ0) is 36.6. The molecule has 50 heavy (non-hydrogen) atoms. The first-order valence-electron chi connectivity index (χ1n) is 14.9. The number of aromatic nitrogens is 3. The fourth-order valence-corrected chi connectivity index (χ4v) is 5.37. The lowest BCUT2D eigenvalue weighted by molar-refractivity contribution is -0.120. The molecule has 262 valence electrons. The Hall–Kier alpha value is -5.30. The highest BCUT2D eigenvalue weighted by molar-refractivity contribution is 6.08. The molecule has 1 atom stereocenters. The summed E-state index contributed by atoms with van der Waals surface area (Å²) in [6, 6.07) is 5.37. The molecular weight excluding hydrogens is 676 g/mol. The first kappa shape index (κ1) is 36.0. The van der Waals surface area contributed by atoms with Crippen LogP contribution in [0.15, 0.2) is 65.1 Å². The Labute approximate surface area is 279 Å². The van der Waals surface area contributed by atoms with Crippen LogP contribution in [-0.2, 0) is 11.2 Å². The Bertz CT molecular complexity index is 2070. The van der Waals surface area contributed by atoms with E-state index >= 15 is 4.39 Å². The number of fused-ring (bicyclic) bond motifs is 1. The predicted octanol–water partition coefficient (Wildman–Crippen LogP) is 6.21. The number of alkyl halides is 5. The number of allylic oxidation sites excluding steroid dienone is 2. The normalized spacial score (nSPS) is 17.1. The fourth-order valence-electron chi connectivity index (χ4n) is 5.37. The van der Waals surface area contributed by atoms with Crippen LogP contribution in [-0.4, -0.2) is 55.9 Å². The van der Waals surface area contributed by atoms with E-state index in [1.807, 2.05) is 0 Å². The SMILES string of the molecule is CC(C)(O)C#Cc1ccc(-c2cnc3[nH]ccc3c2F)c(C(Cc2cc(F)cc(F)c2)NC(=O)CN=C2C(=C(N)C(F)(F)F)CCC2(F)F)n1. The summed E-state index contributed by atoms with van der Waals surface area (Å²) in [6.07, 6.45) is -4.63. The molecule has 3 heterocycles. The third-order valence-electron chi connectivity index (χ3n) is 7.59. The second kappa shape index (κ2) is 13.5. The number of amides is 1. The minimum Gasteiger partial charge on any atom is -0.394 e. The Balaban J connectivity index is 1.62. The van der Waals surface area contributed by atoms with Crippen molar-refractivity contribution in [2.75, 3.05) is 6.54 Å². The number of halogens is 8. The Morgan fingerprint density at radius 2 is 1.82 bits per heavy atom. The highest BCUT2D eigenvalue weighted by Gasteiger charge is 2.48. The van der Waals surface area contributed by atoms with Crippen LogP contribution in [0, 0.1) is 29.3 Å². The molecule has 4 aromatic rings. The number of aliphatic imine (C=N–C) groups is 1. The van der Waals surface area contributed by atoms with Gasteiger partial charge in [-0.15, -0.1) is 0 Å². The summed E-state index contributed by atoms with van der Waals surface area (Å²) in [5, 5.41) is 12.7. The molecule has 1 aromatic carbocycles. The maximum Gasteiger partial charge on any atom is 0.431 e. The van der Waals surface area contributed by atoms with Crippen molar-refractivity contribution in [1.82, 2.24) is 20.3 Å². The van der Waals surface area contributed by atoms with Gasteiger partial charge in [0.05, 0.1) is 17.1 Å². The van der Waals surface area contributed by atoms with Crippen LogP contribution in [0.1, 0.15) is 49.7 Å². The molecule has 0 radical (unpaired) electrons. The molecule has 3 aromatic heterocycles. The average Bonchev–Trinajstić information content (AvgIpc) is 3.61. The molecule has 0 bridgehead atoms. The van der Waals surface area contributed by atoms with E-state index in [1.165, 1.54) is 44.4 Å². The number of hydrogen-bond acceptors (Lipinski definition) is 6. The van der Waals surface area contributed by atoms with Gasteiger partial charge in [0, 0.05) is 41.6 Å².